The van der Waals surface area contributed by atoms with Crippen LogP contribution < -0.4 is 32.7 Å². The number of Topliss-reactive ketones (excluding diaryl/α,β-unsaturated/α-hetero) is 4. The van der Waals surface area contributed by atoms with Gasteiger partial charge < -0.3 is 42.8 Å². The maximum absolute atomic E-state index is 14.8. The first-order chi connectivity index (χ1) is 35.5. The van der Waals surface area contributed by atoms with Gasteiger partial charge in [0.2, 0.25) is 17.7 Å². The summed E-state index contributed by atoms with van der Waals surface area (Å²) in [5, 5.41) is 20.4. The topological polar surface area (TPSA) is 335 Å². The second kappa shape index (κ2) is 27.2. The lowest BCUT2D eigenvalue weighted by atomic mass is 9.88. The first-order valence-corrected chi connectivity index (χ1v) is 26.9. The average molecular weight is 1060 g/mol. The van der Waals surface area contributed by atoms with Crippen LogP contribution in [0.25, 0.3) is 5.57 Å². The first kappa shape index (κ1) is 56.2. The number of rotatable bonds is 15. The lowest BCUT2D eigenvalue weighted by molar-refractivity contribution is -0.139. The molecule has 1 aliphatic carbocycles. The Bertz CT molecular complexity index is 2610. The van der Waals surface area contributed by atoms with Crippen molar-refractivity contribution < 1.29 is 53.1 Å². The smallest absolute Gasteiger partial charge is 0.325 e. The number of H-pyrrole nitrogens is 1. The van der Waals surface area contributed by atoms with Crippen LogP contribution in [-0.4, -0.2) is 133 Å². The number of allylic oxidation sites excluding steroid dienone is 1. The van der Waals surface area contributed by atoms with Gasteiger partial charge >= 0.3 is 12.0 Å². The number of imide groups is 1. The van der Waals surface area contributed by atoms with Crippen LogP contribution in [-0.2, 0) is 62.4 Å². The van der Waals surface area contributed by atoms with E-state index in [0.717, 1.165) is 38.3 Å². The van der Waals surface area contributed by atoms with Crippen molar-refractivity contribution in [2.24, 2.45) is 34.2 Å². The molecular formula is C51H62N10O11S2. The van der Waals surface area contributed by atoms with E-state index < -0.39 is 127 Å². The number of aliphatic imine (C=N–C) groups is 1. The number of carboxylic acids is 1. The number of imidazole rings is 1. The molecule has 394 valence electrons. The van der Waals surface area contributed by atoms with E-state index in [1.54, 1.807) is 30.3 Å². The fraction of sp³-hybridized carbons (Fsp3) is 0.451. The number of guanidine groups is 1. The number of urea groups is 1. The number of nitrogens with one attached hydrogen (secondary N) is 5. The minimum atomic E-state index is -1.52. The first-order valence-electron chi connectivity index (χ1n) is 24.4. The molecule has 21 nitrogen and oxygen atoms in total. The summed E-state index contributed by atoms with van der Waals surface area (Å²) in [5.74, 6) is -10.0. The summed E-state index contributed by atoms with van der Waals surface area (Å²) in [7, 11) is 2.14. The monoisotopic (exact) mass is 1050 g/mol. The highest BCUT2D eigenvalue weighted by Gasteiger charge is 2.41. The van der Waals surface area contributed by atoms with Gasteiger partial charge in [-0.05, 0) is 61.3 Å². The van der Waals surface area contributed by atoms with E-state index in [1.165, 1.54) is 19.4 Å². The second-order valence-corrected chi connectivity index (χ2v) is 21.1. The van der Waals surface area contributed by atoms with Gasteiger partial charge in [-0.2, -0.15) is 0 Å². The van der Waals surface area contributed by atoms with E-state index in [9.17, 15) is 53.1 Å². The number of fused-ring (bicyclic) bond motifs is 1. The zero-order valence-electron chi connectivity index (χ0n) is 40.9. The van der Waals surface area contributed by atoms with Gasteiger partial charge in [0.1, 0.15) is 11.8 Å². The third-order valence-corrected chi connectivity index (χ3v) is 15.6. The number of hydrogen-bond donors (Lipinski definition) is 8. The number of carbonyl (C=O) groups is 10. The Morgan fingerprint density at radius 1 is 0.770 bits per heavy atom. The molecule has 6 amide bonds. The SMILES string of the molecule is CC(=O)[C@@H]1CSSC[C@H](N2C(=O)CNC2=O)C(=O)N[C@@H](CCC(=O)O)C(=O)C[C@@H](Cc2cnc[nH]2)C(=O)N[C@H](Cc2ccccc2)C(=O)C[C@@H](CCCN=C(N)N)C(=O)N[C@@H](CC2=CCc3ccccc32)C(=O)C1. The summed E-state index contributed by atoms with van der Waals surface area (Å²) >= 11 is 0. The highest BCUT2D eigenvalue weighted by Crippen LogP contribution is 2.33. The minimum absolute atomic E-state index is 0.0307. The van der Waals surface area contributed by atoms with E-state index in [1.807, 2.05) is 30.3 Å². The summed E-state index contributed by atoms with van der Waals surface area (Å²) in [6.45, 7) is 1.04. The lowest BCUT2D eigenvalue weighted by Gasteiger charge is -2.27. The van der Waals surface area contributed by atoms with Crippen LogP contribution in [0.5, 0.6) is 0 Å². The number of aromatic amines is 1. The molecular weight excluding hydrogens is 993 g/mol. The number of aliphatic carboxylic acids is 1. The Kier molecular flexibility index (Phi) is 20.7. The molecule has 0 spiro atoms. The lowest BCUT2D eigenvalue weighted by Crippen LogP contribution is -2.55. The molecule has 23 heteroatoms. The van der Waals surface area contributed by atoms with Crippen molar-refractivity contribution in [2.75, 3.05) is 24.6 Å². The Morgan fingerprint density at radius 3 is 2.09 bits per heavy atom. The molecule has 74 heavy (non-hydrogen) atoms. The summed E-state index contributed by atoms with van der Waals surface area (Å²) < 4.78 is 0. The molecule has 0 saturated carbocycles. The number of amides is 6. The van der Waals surface area contributed by atoms with Crippen molar-refractivity contribution in [2.45, 2.75) is 102 Å². The fourth-order valence-corrected chi connectivity index (χ4v) is 11.7. The zero-order valence-corrected chi connectivity index (χ0v) is 42.6. The van der Waals surface area contributed by atoms with E-state index >= 15 is 0 Å². The molecule has 2 fully saturated rings. The number of carboxylic acid groups (broad SMARTS) is 1. The number of carbonyl (C=O) groups excluding carboxylic acids is 9. The van der Waals surface area contributed by atoms with Crippen molar-refractivity contribution in [3.05, 3.63) is 95.6 Å². The van der Waals surface area contributed by atoms with Crippen LogP contribution in [0.15, 0.2) is 78.2 Å². The minimum Gasteiger partial charge on any atom is -0.481 e. The molecule has 1 aromatic heterocycles. The third-order valence-electron chi connectivity index (χ3n) is 13.2. The van der Waals surface area contributed by atoms with E-state index in [2.05, 4.69) is 36.2 Å². The van der Waals surface area contributed by atoms with Gasteiger partial charge in [0.15, 0.2) is 23.3 Å². The van der Waals surface area contributed by atoms with E-state index in [-0.39, 0.29) is 68.3 Å². The standard InChI is InChI=1S/C51H62N10O11S2/c1-29(62)35-23-44(65)40(20-32-14-13-31-10-5-6-12-37(31)32)60-47(69)33(11-7-17-55-50(52)53)21-43(64)39(18-30-8-3-2-4-9-30)59-48(70)34(19-36-24-54-28-57-36)22-42(63)38(15-16-46(67)68)58-49(71)41(27-74-73-26-35)61-45(66)25-56-51(61)72/h2-6,8-10,12,14,24,28,33-35,38-41H,7,11,13,15-23,25-27H2,1H3,(H,54,57)(H,56,72)(H,58,71)(H,59,70)(H,60,69)(H,67,68)(H4,52,53,55)/t33-,34-,35+,38+,39-,40+,41+/m1/s1. The highest BCUT2D eigenvalue weighted by molar-refractivity contribution is 8.76. The number of hydrogen-bond acceptors (Lipinski definition) is 14. The Hall–Kier alpha value is -7.14. The molecule has 3 aromatic rings. The molecule has 2 aliphatic heterocycles. The van der Waals surface area contributed by atoms with Gasteiger partial charge in [0.25, 0.3) is 5.91 Å². The average Bonchev–Trinajstić information content (AvgIpc) is 4.12. The quantitative estimate of drug-likeness (QED) is 0.0356. The van der Waals surface area contributed by atoms with Gasteiger partial charge in [-0.3, -0.25) is 48.1 Å². The van der Waals surface area contributed by atoms with Crippen LogP contribution >= 0.6 is 21.6 Å². The number of benzene rings is 2. The molecule has 7 atom stereocenters. The Balaban J connectivity index is 1.41. The predicted molar refractivity (Wildman–Crippen MR) is 277 cm³/mol. The van der Waals surface area contributed by atoms with E-state index in [0.29, 0.717) is 22.6 Å². The molecule has 3 heterocycles. The van der Waals surface area contributed by atoms with Crippen LogP contribution in [0.3, 0.4) is 0 Å². The van der Waals surface area contributed by atoms with Gasteiger partial charge in [-0.25, -0.2) is 14.7 Å². The second-order valence-electron chi connectivity index (χ2n) is 18.6. The van der Waals surface area contributed by atoms with Gasteiger partial charge in [0, 0.05) is 80.3 Å². The summed E-state index contributed by atoms with van der Waals surface area (Å²) in [6.07, 6.45) is 3.38. The number of nitrogens with two attached hydrogens (primary N) is 2. The number of aromatic nitrogens is 2. The maximum Gasteiger partial charge on any atom is 0.325 e. The van der Waals surface area contributed by atoms with Crippen molar-refractivity contribution in [1.29, 1.82) is 0 Å². The number of nitrogens with zero attached hydrogens (tertiary/aromatic N) is 3. The van der Waals surface area contributed by atoms with Crippen molar-refractivity contribution >= 4 is 91.9 Å². The molecule has 3 aliphatic rings. The van der Waals surface area contributed by atoms with Crippen LogP contribution in [0.2, 0.25) is 0 Å². The Morgan fingerprint density at radius 2 is 1.42 bits per heavy atom. The van der Waals surface area contributed by atoms with Gasteiger partial charge in [-0.1, -0.05) is 82.3 Å². The van der Waals surface area contributed by atoms with Crippen LogP contribution in [0.4, 0.5) is 4.79 Å². The molecule has 0 unspecified atom stereocenters. The predicted octanol–water partition coefficient (Wildman–Crippen LogP) is 2.23. The van der Waals surface area contributed by atoms with Gasteiger partial charge in [-0.15, -0.1) is 0 Å². The molecule has 0 radical (unpaired) electrons. The largest absolute Gasteiger partial charge is 0.481 e. The maximum atomic E-state index is 14.8. The van der Waals surface area contributed by atoms with Crippen LogP contribution in [0.1, 0.15) is 80.7 Å². The molecule has 0 bridgehead atoms. The Labute approximate surface area is 435 Å². The number of ketones is 4. The van der Waals surface area contributed by atoms with E-state index in [4.69, 9.17) is 11.5 Å². The van der Waals surface area contributed by atoms with Crippen molar-refractivity contribution in [3.8, 4) is 0 Å². The summed E-state index contributed by atoms with van der Waals surface area (Å²) in [5.41, 5.74) is 15.1. The highest BCUT2D eigenvalue weighted by atomic mass is 33.1. The molecule has 6 rings (SSSR count). The fourth-order valence-electron chi connectivity index (χ4n) is 9.06. The molecule has 2 saturated heterocycles. The summed E-state index contributed by atoms with van der Waals surface area (Å²) in [6, 6.07) is 10.1. The van der Waals surface area contributed by atoms with Crippen LogP contribution in [0, 0.1) is 17.8 Å². The normalized spacial score (nSPS) is 24.0. The molecule has 10 N–H and O–H groups in total. The molecule has 2 aromatic carbocycles. The third kappa shape index (κ3) is 16.2. The van der Waals surface area contributed by atoms with Gasteiger partial charge in [0.05, 0.1) is 36.9 Å². The summed E-state index contributed by atoms with van der Waals surface area (Å²) in [4.78, 5) is 150. The van der Waals surface area contributed by atoms with Crippen molar-refractivity contribution in [1.82, 2.24) is 36.1 Å². The van der Waals surface area contributed by atoms with Crippen molar-refractivity contribution in [3.63, 3.8) is 0 Å². The zero-order chi connectivity index (χ0) is 53.3.